The molecule has 0 radical (unpaired) electrons. The molecule has 0 unspecified atom stereocenters. The molecule has 0 saturated carbocycles. The van der Waals surface area contributed by atoms with Crippen molar-refractivity contribution in [3.63, 3.8) is 0 Å². The van der Waals surface area contributed by atoms with Crippen LogP contribution >= 0.6 is 0 Å². The van der Waals surface area contributed by atoms with Gasteiger partial charge in [-0.1, -0.05) is 27.2 Å². The molecule has 0 aromatic heterocycles. The Hall–Kier alpha value is -1.84. The summed E-state index contributed by atoms with van der Waals surface area (Å²) in [4.78, 5) is 26.4. The van der Waals surface area contributed by atoms with Gasteiger partial charge in [-0.25, -0.2) is 0 Å². The molecule has 0 atom stereocenters. The first-order chi connectivity index (χ1) is 11.1. The summed E-state index contributed by atoms with van der Waals surface area (Å²) in [6.07, 6.45) is 3.76. The average molecular weight is 318 g/mol. The zero-order valence-corrected chi connectivity index (χ0v) is 14.9. The van der Waals surface area contributed by atoms with E-state index in [1.807, 2.05) is 25.7 Å². The molecule has 4 heteroatoms. The number of hydrogen-bond donors (Lipinski definition) is 1. The van der Waals surface area contributed by atoms with Crippen LogP contribution in [-0.4, -0.2) is 29.8 Å². The summed E-state index contributed by atoms with van der Waals surface area (Å²) in [5, 5.41) is 2.92. The lowest BCUT2D eigenvalue weighted by molar-refractivity contribution is -0.120. The summed E-state index contributed by atoms with van der Waals surface area (Å²) >= 11 is 0. The van der Waals surface area contributed by atoms with E-state index in [-0.39, 0.29) is 17.7 Å². The Kier molecular flexibility index (Phi) is 8.38. The molecule has 0 bridgehead atoms. The molecule has 23 heavy (non-hydrogen) atoms. The number of amides is 2. The predicted octanol–water partition coefficient (Wildman–Crippen LogP) is 4.32. The lowest BCUT2D eigenvalue weighted by atomic mass is 10.0. The lowest BCUT2D eigenvalue weighted by Crippen LogP contribution is -2.31. The molecule has 0 fully saturated rings. The molecule has 0 heterocycles. The molecule has 0 spiro atoms. The Bertz CT molecular complexity index is 493. The summed E-state index contributed by atoms with van der Waals surface area (Å²) in [7, 11) is 0. The number of carbonyl (C=O) groups excluding carboxylic acids is 2. The van der Waals surface area contributed by atoms with Crippen molar-refractivity contribution in [2.75, 3.05) is 18.4 Å². The predicted molar refractivity (Wildman–Crippen MR) is 95.6 cm³/mol. The van der Waals surface area contributed by atoms with Gasteiger partial charge < -0.3 is 10.2 Å². The largest absolute Gasteiger partial charge is 0.339 e. The molecule has 1 aromatic carbocycles. The van der Waals surface area contributed by atoms with Gasteiger partial charge in [-0.3, -0.25) is 9.59 Å². The number of nitrogens with zero attached hydrogens (tertiary/aromatic N) is 1. The van der Waals surface area contributed by atoms with Crippen LogP contribution < -0.4 is 5.32 Å². The highest BCUT2D eigenvalue weighted by Crippen LogP contribution is 2.15. The number of rotatable bonds is 9. The second-order valence-electron chi connectivity index (χ2n) is 5.82. The lowest BCUT2D eigenvalue weighted by Gasteiger charge is -2.21. The molecule has 1 rings (SSSR count). The molecule has 2 amide bonds. The van der Waals surface area contributed by atoms with Crippen molar-refractivity contribution in [1.29, 1.82) is 0 Å². The number of benzene rings is 1. The van der Waals surface area contributed by atoms with Crippen molar-refractivity contribution in [3.8, 4) is 0 Å². The molecule has 0 saturated heterocycles. The number of nitrogens with one attached hydrogen (secondary N) is 1. The normalized spacial score (nSPS) is 10.7. The Balaban J connectivity index is 2.72. The van der Waals surface area contributed by atoms with Crippen molar-refractivity contribution in [2.45, 2.75) is 53.4 Å². The first-order valence-electron chi connectivity index (χ1n) is 8.77. The zero-order chi connectivity index (χ0) is 17.2. The van der Waals surface area contributed by atoms with E-state index >= 15 is 0 Å². The minimum Gasteiger partial charge on any atom is -0.339 e. The monoisotopic (exact) mass is 318 g/mol. The Morgan fingerprint density at radius 2 is 1.65 bits per heavy atom. The third-order valence-corrected chi connectivity index (χ3v) is 4.21. The molecule has 0 aliphatic heterocycles. The summed E-state index contributed by atoms with van der Waals surface area (Å²) in [5.41, 5.74) is 1.42. The van der Waals surface area contributed by atoms with E-state index in [1.54, 1.807) is 24.3 Å². The fraction of sp³-hybridized carbons (Fsp3) is 0.579. The highest BCUT2D eigenvalue weighted by molar-refractivity contribution is 5.96. The van der Waals surface area contributed by atoms with Crippen LogP contribution in [0.1, 0.15) is 63.7 Å². The summed E-state index contributed by atoms with van der Waals surface area (Å²) in [6.45, 7) is 9.66. The van der Waals surface area contributed by atoms with Crippen molar-refractivity contribution >= 4 is 17.5 Å². The first-order valence-corrected chi connectivity index (χ1v) is 8.77. The van der Waals surface area contributed by atoms with Crippen LogP contribution in [0.4, 0.5) is 5.69 Å². The molecular formula is C19H30N2O2. The maximum Gasteiger partial charge on any atom is 0.253 e. The molecule has 1 N–H and O–H groups in total. The summed E-state index contributed by atoms with van der Waals surface area (Å²) < 4.78 is 0. The average Bonchev–Trinajstić information content (AvgIpc) is 2.57. The fourth-order valence-corrected chi connectivity index (χ4v) is 2.53. The van der Waals surface area contributed by atoms with E-state index in [9.17, 15) is 9.59 Å². The number of carbonyl (C=O) groups is 2. The third kappa shape index (κ3) is 5.70. The molecule has 128 valence electrons. The SMILES string of the molecule is CCCCN(CC)C(=O)c1ccc(NC(=O)C(CC)CC)cc1. The standard InChI is InChI=1S/C19H30N2O2/c1-5-9-14-21(8-4)19(23)16-10-12-17(13-11-16)20-18(22)15(6-2)7-3/h10-13,15H,5-9,14H2,1-4H3,(H,20,22). The van der Waals surface area contributed by atoms with Gasteiger partial charge in [-0.2, -0.15) is 0 Å². The van der Waals surface area contributed by atoms with Crippen LogP contribution in [0.25, 0.3) is 0 Å². The molecule has 4 nitrogen and oxygen atoms in total. The van der Waals surface area contributed by atoms with Crippen LogP contribution in [0.15, 0.2) is 24.3 Å². The Morgan fingerprint density at radius 1 is 1.04 bits per heavy atom. The maximum atomic E-state index is 12.5. The van der Waals surface area contributed by atoms with Gasteiger partial charge in [0, 0.05) is 30.3 Å². The molecule has 1 aromatic rings. The minimum atomic E-state index is 0.0425. The Labute approximate surface area is 140 Å². The van der Waals surface area contributed by atoms with Crippen LogP contribution in [0.3, 0.4) is 0 Å². The van der Waals surface area contributed by atoms with Crippen LogP contribution in [0, 0.1) is 5.92 Å². The summed E-state index contributed by atoms with van der Waals surface area (Å²) in [6, 6.07) is 7.20. The Morgan fingerprint density at radius 3 is 2.13 bits per heavy atom. The van der Waals surface area contributed by atoms with E-state index in [0.29, 0.717) is 12.1 Å². The van der Waals surface area contributed by atoms with E-state index in [1.165, 1.54) is 0 Å². The van der Waals surface area contributed by atoms with Gasteiger partial charge in [0.1, 0.15) is 0 Å². The number of unbranched alkanes of at least 4 members (excludes halogenated alkanes) is 1. The van der Waals surface area contributed by atoms with Gasteiger partial charge in [-0.15, -0.1) is 0 Å². The highest BCUT2D eigenvalue weighted by atomic mass is 16.2. The van der Waals surface area contributed by atoms with Gasteiger partial charge in [0.15, 0.2) is 0 Å². The number of anilines is 1. The minimum absolute atomic E-state index is 0.0425. The van der Waals surface area contributed by atoms with E-state index in [0.717, 1.165) is 37.9 Å². The van der Waals surface area contributed by atoms with E-state index < -0.39 is 0 Å². The van der Waals surface area contributed by atoms with Crippen molar-refractivity contribution in [1.82, 2.24) is 4.90 Å². The maximum absolute atomic E-state index is 12.5. The first kappa shape index (κ1) is 19.2. The molecule has 0 aliphatic carbocycles. The van der Waals surface area contributed by atoms with Crippen molar-refractivity contribution < 1.29 is 9.59 Å². The van der Waals surface area contributed by atoms with Crippen molar-refractivity contribution in [3.05, 3.63) is 29.8 Å². The number of hydrogen-bond acceptors (Lipinski definition) is 2. The molecular weight excluding hydrogens is 288 g/mol. The second kappa shape index (κ2) is 10.0. The van der Waals surface area contributed by atoms with Gasteiger partial charge >= 0.3 is 0 Å². The quantitative estimate of drug-likeness (QED) is 0.737. The fourth-order valence-electron chi connectivity index (χ4n) is 2.53. The second-order valence-corrected chi connectivity index (χ2v) is 5.82. The smallest absolute Gasteiger partial charge is 0.253 e. The van der Waals surface area contributed by atoms with Crippen LogP contribution in [0.2, 0.25) is 0 Å². The third-order valence-electron chi connectivity index (χ3n) is 4.21. The van der Waals surface area contributed by atoms with Gasteiger partial charge in [0.2, 0.25) is 5.91 Å². The summed E-state index contributed by atoms with van der Waals surface area (Å²) in [5.74, 6) is 0.145. The van der Waals surface area contributed by atoms with Gasteiger partial charge in [0.25, 0.3) is 5.91 Å². The van der Waals surface area contributed by atoms with E-state index in [4.69, 9.17) is 0 Å². The van der Waals surface area contributed by atoms with E-state index in [2.05, 4.69) is 12.2 Å². The van der Waals surface area contributed by atoms with Crippen LogP contribution in [0.5, 0.6) is 0 Å². The van der Waals surface area contributed by atoms with Gasteiger partial charge in [-0.05, 0) is 50.5 Å². The highest BCUT2D eigenvalue weighted by Gasteiger charge is 2.16. The zero-order valence-electron chi connectivity index (χ0n) is 14.9. The van der Waals surface area contributed by atoms with Gasteiger partial charge in [0.05, 0.1) is 0 Å². The van der Waals surface area contributed by atoms with Crippen LogP contribution in [-0.2, 0) is 4.79 Å². The molecule has 0 aliphatic rings. The van der Waals surface area contributed by atoms with Crippen molar-refractivity contribution in [2.24, 2.45) is 5.92 Å². The topological polar surface area (TPSA) is 49.4 Å².